The second-order valence-electron chi connectivity index (χ2n) is 9.38. The Morgan fingerprint density at radius 2 is 1.49 bits per heavy atom. The first kappa shape index (κ1) is 25.9. The highest BCUT2D eigenvalue weighted by Crippen LogP contribution is 2.37. The largest absolute Gasteiger partial charge is 0.463 e. The summed E-state index contributed by atoms with van der Waals surface area (Å²) in [6.45, 7) is 8.13. The maximum atomic E-state index is 13.3. The van der Waals surface area contributed by atoms with Crippen LogP contribution in [0.25, 0.3) is 0 Å². The highest BCUT2D eigenvalue weighted by Gasteiger charge is 2.36. The molecule has 1 aliphatic heterocycles. The number of esters is 1. The number of carbonyl (C=O) groups is 3. The van der Waals surface area contributed by atoms with Crippen molar-refractivity contribution in [1.29, 1.82) is 0 Å². The van der Waals surface area contributed by atoms with Crippen molar-refractivity contribution in [3.05, 3.63) is 112 Å². The molecule has 4 rings (SSSR count). The van der Waals surface area contributed by atoms with Gasteiger partial charge in [0.05, 0.1) is 18.7 Å². The third-order valence-corrected chi connectivity index (χ3v) is 6.66. The fourth-order valence-electron chi connectivity index (χ4n) is 4.54. The zero-order valence-corrected chi connectivity index (χ0v) is 21.7. The summed E-state index contributed by atoms with van der Waals surface area (Å²) in [4.78, 5) is 40.5. The van der Waals surface area contributed by atoms with Crippen LogP contribution in [0.4, 0.5) is 5.69 Å². The minimum Gasteiger partial charge on any atom is -0.463 e. The molecule has 3 aromatic rings. The molecule has 1 unspecified atom stereocenters. The van der Waals surface area contributed by atoms with Crippen LogP contribution in [0, 0.1) is 13.8 Å². The number of benzene rings is 3. The second kappa shape index (κ2) is 11.2. The lowest BCUT2D eigenvalue weighted by Crippen LogP contribution is -2.38. The summed E-state index contributed by atoms with van der Waals surface area (Å²) < 4.78 is 5.38. The number of allylic oxidation sites excluding steroid dienone is 1. The topological polar surface area (TPSA) is 75.7 Å². The summed E-state index contributed by atoms with van der Waals surface area (Å²) in [5.41, 5.74) is 6.38. The maximum absolute atomic E-state index is 13.3. The molecule has 1 N–H and O–H groups in total. The molecule has 3 aromatic carbocycles. The SMILES string of the molecule is CCOC(=O)C1=C(C)N(Cc2ccc(C(=O)Nc3ccc(C)cc3)cc2)C(=O)CC1c1ccc(C)cc1. The van der Waals surface area contributed by atoms with Crippen molar-refractivity contribution in [2.75, 3.05) is 11.9 Å². The van der Waals surface area contributed by atoms with E-state index in [0.717, 1.165) is 27.9 Å². The van der Waals surface area contributed by atoms with Gasteiger partial charge < -0.3 is 15.0 Å². The number of aryl methyl sites for hydroxylation is 2. The van der Waals surface area contributed by atoms with E-state index in [2.05, 4.69) is 5.32 Å². The van der Waals surface area contributed by atoms with Gasteiger partial charge in [0.15, 0.2) is 0 Å². The number of anilines is 1. The fourth-order valence-corrected chi connectivity index (χ4v) is 4.54. The molecular weight excluding hydrogens is 464 g/mol. The number of rotatable bonds is 7. The smallest absolute Gasteiger partial charge is 0.336 e. The van der Waals surface area contributed by atoms with E-state index >= 15 is 0 Å². The second-order valence-corrected chi connectivity index (χ2v) is 9.38. The highest BCUT2D eigenvalue weighted by molar-refractivity contribution is 6.04. The molecule has 0 aliphatic carbocycles. The zero-order valence-electron chi connectivity index (χ0n) is 21.7. The summed E-state index contributed by atoms with van der Waals surface area (Å²) in [5, 5.41) is 2.89. The minimum absolute atomic E-state index is 0.0580. The standard InChI is InChI=1S/C31H32N2O4/c1-5-37-31(36)29-22(4)33(28(34)18-27(29)24-12-6-20(2)7-13-24)19-23-10-14-25(15-11-23)30(35)32-26-16-8-21(3)9-17-26/h6-17,27H,5,18-19H2,1-4H3,(H,32,35). The predicted molar refractivity (Wildman–Crippen MR) is 144 cm³/mol. The number of nitrogens with zero attached hydrogens (tertiary/aromatic N) is 1. The van der Waals surface area contributed by atoms with Gasteiger partial charge >= 0.3 is 5.97 Å². The van der Waals surface area contributed by atoms with Gasteiger partial charge in [-0.1, -0.05) is 59.7 Å². The lowest BCUT2D eigenvalue weighted by atomic mass is 9.83. The van der Waals surface area contributed by atoms with Crippen LogP contribution >= 0.6 is 0 Å². The fraction of sp³-hybridized carbons (Fsp3) is 0.258. The number of amides is 2. The molecule has 0 bridgehead atoms. The number of ether oxygens (including phenoxy) is 1. The Bertz CT molecular complexity index is 1320. The molecule has 0 aromatic heterocycles. The quantitative estimate of drug-likeness (QED) is 0.413. The zero-order chi connectivity index (χ0) is 26.5. The first-order valence-electron chi connectivity index (χ1n) is 12.5. The molecule has 1 heterocycles. The third kappa shape index (κ3) is 5.97. The summed E-state index contributed by atoms with van der Waals surface area (Å²) >= 11 is 0. The predicted octanol–water partition coefficient (Wildman–Crippen LogP) is 5.91. The van der Waals surface area contributed by atoms with E-state index in [1.54, 1.807) is 30.9 Å². The Morgan fingerprint density at radius 3 is 2.08 bits per heavy atom. The number of hydrogen-bond acceptors (Lipinski definition) is 4. The molecule has 37 heavy (non-hydrogen) atoms. The van der Waals surface area contributed by atoms with Gasteiger partial charge in [-0.25, -0.2) is 4.79 Å². The Hall–Kier alpha value is -4.19. The van der Waals surface area contributed by atoms with Crippen molar-refractivity contribution in [2.45, 2.75) is 46.6 Å². The first-order chi connectivity index (χ1) is 17.8. The summed E-state index contributed by atoms with van der Waals surface area (Å²) in [5.74, 6) is -1.01. The molecule has 1 atom stereocenters. The van der Waals surface area contributed by atoms with Crippen molar-refractivity contribution in [1.82, 2.24) is 4.90 Å². The van der Waals surface area contributed by atoms with Crippen LogP contribution < -0.4 is 5.32 Å². The lowest BCUT2D eigenvalue weighted by Gasteiger charge is -2.34. The van der Waals surface area contributed by atoms with Gasteiger partial charge in [0.2, 0.25) is 5.91 Å². The molecule has 0 fully saturated rings. The first-order valence-corrected chi connectivity index (χ1v) is 12.5. The van der Waals surface area contributed by atoms with Gasteiger partial charge in [-0.05, 0) is 63.1 Å². The molecule has 6 heteroatoms. The van der Waals surface area contributed by atoms with Gasteiger partial charge in [0.25, 0.3) is 5.91 Å². The average molecular weight is 497 g/mol. The van der Waals surface area contributed by atoms with Gasteiger partial charge in [-0.3, -0.25) is 9.59 Å². The van der Waals surface area contributed by atoms with E-state index in [0.29, 0.717) is 23.4 Å². The molecule has 0 radical (unpaired) electrons. The van der Waals surface area contributed by atoms with Gasteiger partial charge in [0, 0.05) is 29.3 Å². The highest BCUT2D eigenvalue weighted by atomic mass is 16.5. The molecule has 0 spiro atoms. The van der Waals surface area contributed by atoms with Crippen molar-refractivity contribution in [3.8, 4) is 0 Å². The van der Waals surface area contributed by atoms with E-state index in [9.17, 15) is 14.4 Å². The Balaban J connectivity index is 1.55. The van der Waals surface area contributed by atoms with Crippen molar-refractivity contribution in [3.63, 3.8) is 0 Å². The third-order valence-electron chi connectivity index (χ3n) is 6.66. The van der Waals surface area contributed by atoms with Crippen molar-refractivity contribution >= 4 is 23.5 Å². The summed E-state index contributed by atoms with van der Waals surface area (Å²) in [6.07, 6.45) is 0.186. The van der Waals surface area contributed by atoms with Crippen LogP contribution in [-0.4, -0.2) is 29.3 Å². The molecule has 0 saturated heterocycles. The average Bonchev–Trinajstić information content (AvgIpc) is 2.88. The van der Waals surface area contributed by atoms with E-state index in [1.165, 1.54) is 0 Å². The van der Waals surface area contributed by atoms with Crippen molar-refractivity contribution in [2.24, 2.45) is 0 Å². The molecule has 0 saturated carbocycles. The minimum atomic E-state index is -0.397. The molecule has 2 amide bonds. The lowest BCUT2D eigenvalue weighted by molar-refractivity contribution is -0.140. The summed E-state index contributed by atoms with van der Waals surface area (Å²) in [6, 6.07) is 22.7. The van der Waals surface area contributed by atoms with E-state index in [1.807, 2.05) is 74.5 Å². The normalized spacial score (nSPS) is 15.5. The van der Waals surface area contributed by atoms with E-state index in [4.69, 9.17) is 4.74 Å². The van der Waals surface area contributed by atoms with Crippen LogP contribution in [0.3, 0.4) is 0 Å². The maximum Gasteiger partial charge on any atom is 0.336 e. The van der Waals surface area contributed by atoms with E-state index < -0.39 is 5.97 Å². The molecular formula is C31H32N2O4. The molecule has 6 nitrogen and oxygen atoms in total. The number of hydrogen-bond donors (Lipinski definition) is 1. The Labute approximate surface area is 218 Å². The molecule has 190 valence electrons. The summed E-state index contributed by atoms with van der Waals surface area (Å²) in [7, 11) is 0. The van der Waals surface area contributed by atoms with Crippen LogP contribution in [0.2, 0.25) is 0 Å². The van der Waals surface area contributed by atoms with Gasteiger partial charge in [-0.2, -0.15) is 0 Å². The molecule has 1 aliphatic rings. The van der Waals surface area contributed by atoms with E-state index in [-0.39, 0.29) is 30.8 Å². The Morgan fingerprint density at radius 1 is 0.892 bits per heavy atom. The van der Waals surface area contributed by atoms with Crippen LogP contribution in [0.5, 0.6) is 0 Å². The van der Waals surface area contributed by atoms with Gasteiger partial charge in [0.1, 0.15) is 0 Å². The van der Waals surface area contributed by atoms with Crippen molar-refractivity contribution < 1.29 is 19.1 Å². The number of nitrogens with one attached hydrogen (secondary N) is 1. The van der Waals surface area contributed by atoms with Crippen LogP contribution in [0.1, 0.15) is 58.8 Å². The van der Waals surface area contributed by atoms with Crippen LogP contribution in [-0.2, 0) is 20.9 Å². The van der Waals surface area contributed by atoms with Gasteiger partial charge in [-0.15, -0.1) is 0 Å². The van der Waals surface area contributed by atoms with Crippen LogP contribution in [0.15, 0.2) is 84.1 Å². The number of carbonyl (C=O) groups excluding carboxylic acids is 3. The monoisotopic (exact) mass is 496 g/mol. The Kier molecular flexibility index (Phi) is 7.87.